The first-order chi connectivity index (χ1) is 10.4. The Hall–Kier alpha value is -0.890. The molecule has 1 saturated heterocycles. The average Bonchev–Trinajstić information content (AvgIpc) is 2.93. The number of ether oxygens (including phenoxy) is 1. The van der Waals surface area contributed by atoms with E-state index in [1.54, 1.807) is 0 Å². The minimum Gasteiger partial charge on any atom is -0.494 e. The maximum absolute atomic E-state index is 13.8. The summed E-state index contributed by atoms with van der Waals surface area (Å²) in [5.74, 6) is -0.0961. The number of halogens is 2. The Balaban J connectivity index is 0.00000192. The molecule has 2 aliphatic rings. The van der Waals surface area contributed by atoms with E-state index >= 15 is 0 Å². The Labute approximate surface area is 142 Å². The molecule has 0 spiro atoms. The van der Waals surface area contributed by atoms with Crippen LogP contribution in [0.5, 0.6) is 5.75 Å². The highest BCUT2D eigenvalue weighted by Gasteiger charge is 2.43. The van der Waals surface area contributed by atoms with Crippen LogP contribution in [-0.4, -0.2) is 39.0 Å². The number of sulfonamides is 1. The molecule has 1 heterocycles. The van der Waals surface area contributed by atoms with Crippen molar-refractivity contribution < 1.29 is 17.5 Å². The molecule has 1 aromatic rings. The number of rotatable bonds is 3. The van der Waals surface area contributed by atoms with Crippen molar-refractivity contribution in [3.8, 4) is 5.75 Å². The summed E-state index contributed by atoms with van der Waals surface area (Å²) in [7, 11) is -2.34. The van der Waals surface area contributed by atoms with Crippen LogP contribution in [0.2, 0.25) is 0 Å². The fraction of sp³-hybridized carbons (Fsp3) is 0.600. The fourth-order valence-corrected chi connectivity index (χ4v) is 5.18. The molecular formula is C15H22ClFN2O3S. The van der Waals surface area contributed by atoms with Gasteiger partial charge < -0.3 is 10.5 Å². The second-order valence-corrected chi connectivity index (χ2v) is 8.08. The summed E-state index contributed by atoms with van der Waals surface area (Å²) in [6, 6.07) is 3.82. The summed E-state index contributed by atoms with van der Waals surface area (Å²) >= 11 is 0. The van der Waals surface area contributed by atoms with Gasteiger partial charge in [-0.25, -0.2) is 12.8 Å². The average molecular weight is 365 g/mol. The minimum absolute atomic E-state index is 0. The van der Waals surface area contributed by atoms with Gasteiger partial charge in [0.05, 0.1) is 12.0 Å². The van der Waals surface area contributed by atoms with Crippen LogP contribution >= 0.6 is 12.4 Å². The molecule has 0 aromatic heterocycles. The molecule has 2 N–H and O–H groups in total. The second kappa shape index (κ2) is 6.93. The zero-order chi connectivity index (χ0) is 15.9. The molecule has 2 fully saturated rings. The molecule has 23 heavy (non-hydrogen) atoms. The largest absolute Gasteiger partial charge is 0.494 e. The van der Waals surface area contributed by atoms with Gasteiger partial charge in [-0.05, 0) is 42.9 Å². The van der Waals surface area contributed by atoms with Crippen LogP contribution in [-0.2, 0) is 10.0 Å². The van der Waals surface area contributed by atoms with E-state index in [0.717, 1.165) is 25.3 Å². The molecule has 0 radical (unpaired) electrons. The van der Waals surface area contributed by atoms with E-state index < -0.39 is 15.8 Å². The van der Waals surface area contributed by atoms with E-state index in [1.807, 2.05) is 0 Å². The van der Waals surface area contributed by atoms with Gasteiger partial charge >= 0.3 is 0 Å². The zero-order valence-electron chi connectivity index (χ0n) is 12.9. The second-order valence-electron chi connectivity index (χ2n) is 6.14. The van der Waals surface area contributed by atoms with Crippen LogP contribution in [0.25, 0.3) is 0 Å². The summed E-state index contributed by atoms with van der Waals surface area (Å²) in [6.07, 6.45) is 3.01. The molecule has 0 bridgehead atoms. The first-order valence-electron chi connectivity index (χ1n) is 7.52. The lowest BCUT2D eigenvalue weighted by Gasteiger charge is -2.29. The first-order valence-corrected chi connectivity index (χ1v) is 8.96. The highest BCUT2D eigenvalue weighted by atomic mass is 35.5. The highest BCUT2D eigenvalue weighted by Crippen LogP contribution is 2.38. The maximum Gasteiger partial charge on any atom is 0.243 e. The third-order valence-electron chi connectivity index (χ3n) is 4.88. The Morgan fingerprint density at radius 3 is 2.65 bits per heavy atom. The first kappa shape index (κ1) is 18.4. The molecule has 3 atom stereocenters. The quantitative estimate of drug-likeness (QED) is 0.890. The van der Waals surface area contributed by atoms with Crippen molar-refractivity contribution in [1.82, 2.24) is 4.31 Å². The van der Waals surface area contributed by atoms with Gasteiger partial charge in [0, 0.05) is 19.1 Å². The number of benzene rings is 1. The monoisotopic (exact) mass is 364 g/mol. The Bertz CT molecular complexity index is 671. The van der Waals surface area contributed by atoms with Gasteiger partial charge in [-0.1, -0.05) is 6.42 Å². The van der Waals surface area contributed by atoms with Gasteiger partial charge in [-0.3, -0.25) is 0 Å². The van der Waals surface area contributed by atoms with Gasteiger partial charge in [-0.15, -0.1) is 12.4 Å². The predicted molar refractivity (Wildman–Crippen MR) is 87.8 cm³/mol. The Morgan fingerprint density at radius 2 is 2.04 bits per heavy atom. The van der Waals surface area contributed by atoms with Gasteiger partial charge in [-0.2, -0.15) is 4.31 Å². The molecule has 5 nitrogen and oxygen atoms in total. The number of hydrogen-bond acceptors (Lipinski definition) is 4. The van der Waals surface area contributed by atoms with Crippen molar-refractivity contribution in [1.29, 1.82) is 0 Å². The Kier molecular flexibility index (Phi) is 5.56. The summed E-state index contributed by atoms with van der Waals surface area (Å²) in [6.45, 7) is 0.913. The molecule has 0 amide bonds. The lowest BCUT2D eigenvalue weighted by molar-refractivity contribution is 0.260. The number of fused-ring (bicyclic) bond motifs is 1. The van der Waals surface area contributed by atoms with E-state index in [0.29, 0.717) is 19.0 Å². The smallest absolute Gasteiger partial charge is 0.243 e. The third kappa shape index (κ3) is 3.33. The number of methoxy groups -OCH3 is 1. The molecule has 1 aliphatic carbocycles. The topological polar surface area (TPSA) is 72.6 Å². The van der Waals surface area contributed by atoms with E-state index in [9.17, 15) is 12.8 Å². The Morgan fingerprint density at radius 1 is 1.30 bits per heavy atom. The van der Waals surface area contributed by atoms with Gasteiger partial charge in [0.1, 0.15) is 0 Å². The van der Waals surface area contributed by atoms with E-state index in [-0.39, 0.29) is 35.0 Å². The lowest BCUT2D eigenvalue weighted by Crippen LogP contribution is -2.38. The molecular weight excluding hydrogens is 343 g/mol. The van der Waals surface area contributed by atoms with Crippen molar-refractivity contribution in [2.75, 3.05) is 20.2 Å². The van der Waals surface area contributed by atoms with Crippen molar-refractivity contribution >= 4 is 22.4 Å². The molecule has 1 saturated carbocycles. The van der Waals surface area contributed by atoms with Crippen LogP contribution in [0.15, 0.2) is 23.1 Å². The lowest BCUT2D eigenvalue weighted by atomic mass is 9.78. The number of nitrogens with two attached hydrogens (primary N) is 1. The molecule has 3 unspecified atom stereocenters. The zero-order valence-corrected chi connectivity index (χ0v) is 14.6. The minimum atomic E-state index is -3.69. The third-order valence-corrected chi connectivity index (χ3v) is 6.71. The fourth-order valence-electron chi connectivity index (χ4n) is 3.63. The van der Waals surface area contributed by atoms with Crippen LogP contribution in [0.1, 0.15) is 19.3 Å². The van der Waals surface area contributed by atoms with Crippen LogP contribution < -0.4 is 10.5 Å². The van der Waals surface area contributed by atoms with Gasteiger partial charge in [0.25, 0.3) is 0 Å². The van der Waals surface area contributed by atoms with Crippen LogP contribution in [0.3, 0.4) is 0 Å². The molecule has 3 rings (SSSR count). The van der Waals surface area contributed by atoms with Crippen LogP contribution in [0.4, 0.5) is 4.39 Å². The number of nitrogens with zero attached hydrogens (tertiary/aromatic N) is 1. The highest BCUT2D eigenvalue weighted by molar-refractivity contribution is 7.89. The standard InChI is InChI=1S/C15H21FN2O3S.ClH/c1-21-15-6-5-11(7-13(15)16)22(19,20)18-8-10-3-2-4-14(17)12(10)9-18;/h5-7,10,12,14H,2-4,8-9,17H2,1H3;1H. The SMILES string of the molecule is COc1ccc(S(=O)(=O)N2CC3CCCC(N)C3C2)cc1F.Cl. The van der Waals surface area contributed by atoms with Crippen molar-refractivity contribution in [3.05, 3.63) is 24.0 Å². The van der Waals surface area contributed by atoms with E-state index in [4.69, 9.17) is 10.5 Å². The van der Waals surface area contributed by atoms with Crippen molar-refractivity contribution in [3.63, 3.8) is 0 Å². The molecule has 1 aliphatic heterocycles. The van der Waals surface area contributed by atoms with E-state index in [1.165, 1.54) is 23.5 Å². The molecule has 130 valence electrons. The predicted octanol–water partition coefficient (Wildman–Crippen LogP) is 2.00. The molecule has 1 aromatic carbocycles. The maximum atomic E-state index is 13.8. The van der Waals surface area contributed by atoms with Crippen molar-refractivity contribution in [2.45, 2.75) is 30.2 Å². The summed E-state index contributed by atoms with van der Waals surface area (Å²) in [5, 5.41) is 0. The molecule has 8 heteroatoms. The van der Waals surface area contributed by atoms with Gasteiger partial charge in [0.15, 0.2) is 11.6 Å². The summed E-state index contributed by atoms with van der Waals surface area (Å²) in [4.78, 5) is -0.0296. The van der Waals surface area contributed by atoms with Crippen LogP contribution in [0, 0.1) is 17.7 Å². The number of hydrogen-bond donors (Lipinski definition) is 1. The van der Waals surface area contributed by atoms with E-state index in [2.05, 4.69) is 0 Å². The van der Waals surface area contributed by atoms with Crippen molar-refractivity contribution in [2.24, 2.45) is 17.6 Å². The van der Waals surface area contributed by atoms with Gasteiger partial charge in [0.2, 0.25) is 10.0 Å². The summed E-state index contributed by atoms with van der Waals surface area (Å²) < 4.78 is 45.5. The summed E-state index contributed by atoms with van der Waals surface area (Å²) in [5.41, 5.74) is 6.13. The normalized spacial score (nSPS) is 28.0.